The van der Waals surface area contributed by atoms with Crippen molar-refractivity contribution >= 4 is 11.0 Å². The van der Waals surface area contributed by atoms with Gasteiger partial charge in [0.25, 0.3) is 0 Å². The lowest BCUT2D eigenvalue weighted by Gasteiger charge is -2.09. The minimum absolute atomic E-state index is 0.456. The molecule has 18 heavy (non-hydrogen) atoms. The van der Waals surface area contributed by atoms with Crippen molar-refractivity contribution in [2.24, 2.45) is 0 Å². The van der Waals surface area contributed by atoms with Crippen LogP contribution in [0.2, 0.25) is 0 Å². The first-order valence-corrected chi connectivity index (χ1v) is 6.94. The van der Waals surface area contributed by atoms with Crippen LogP contribution in [0.4, 0.5) is 0 Å². The van der Waals surface area contributed by atoms with Crippen LogP contribution in [0.3, 0.4) is 0 Å². The molecule has 1 unspecified atom stereocenters. The van der Waals surface area contributed by atoms with Gasteiger partial charge in [-0.3, -0.25) is 0 Å². The fourth-order valence-electron chi connectivity index (χ4n) is 2.69. The smallest absolute Gasteiger partial charge is 0.109 e. The number of aromatic amines is 1. The predicted molar refractivity (Wildman–Crippen MR) is 74.9 cm³/mol. The third-order valence-corrected chi connectivity index (χ3v) is 3.76. The molecule has 3 nitrogen and oxygen atoms in total. The van der Waals surface area contributed by atoms with Gasteiger partial charge in [-0.15, -0.1) is 0 Å². The fourth-order valence-corrected chi connectivity index (χ4v) is 2.69. The van der Waals surface area contributed by atoms with Crippen molar-refractivity contribution in [3.63, 3.8) is 0 Å². The lowest BCUT2D eigenvalue weighted by molar-refractivity contribution is 0.603. The summed E-state index contributed by atoms with van der Waals surface area (Å²) in [6.07, 6.45) is 3.75. The molecule has 1 aliphatic heterocycles. The van der Waals surface area contributed by atoms with Gasteiger partial charge >= 0.3 is 0 Å². The zero-order chi connectivity index (χ0) is 12.5. The van der Waals surface area contributed by atoms with Gasteiger partial charge in [0.05, 0.1) is 11.0 Å². The van der Waals surface area contributed by atoms with Crippen molar-refractivity contribution < 1.29 is 0 Å². The molecule has 1 fully saturated rings. The van der Waals surface area contributed by atoms with Crippen molar-refractivity contribution in [1.29, 1.82) is 0 Å². The molecule has 2 heterocycles. The summed E-state index contributed by atoms with van der Waals surface area (Å²) in [4.78, 5) is 8.04. The standard InChI is InChI=1S/C15H21N3/c1-10(2)15-17-13-6-5-11(9-14(13)18-15)8-12-4-3-7-16-12/h5-6,9-10,12,16H,3-4,7-8H2,1-2H3,(H,17,18). The molecule has 1 aromatic heterocycles. The molecule has 0 saturated carbocycles. The number of rotatable bonds is 3. The molecule has 96 valence electrons. The van der Waals surface area contributed by atoms with E-state index in [9.17, 15) is 0 Å². The van der Waals surface area contributed by atoms with Crippen LogP contribution in [0.5, 0.6) is 0 Å². The number of imidazole rings is 1. The first-order valence-electron chi connectivity index (χ1n) is 6.94. The molecule has 1 saturated heterocycles. The highest BCUT2D eigenvalue weighted by molar-refractivity contribution is 5.76. The summed E-state index contributed by atoms with van der Waals surface area (Å²) in [6.45, 7) is 5.51. The first kappa shape index (κ1) is 11.7. The minimum atomic E-state index is 0.456. The molecule has 1 aliphatic rings. The molecule has 0 bridgehead atoms. The van der Waals surface area contributed by atoms with Crippen LogP contribution in [0.25, 0.3) is 11.0 Å². The summed E-state index contributed by atoms with van der Waals surface area (Å²) in [7, 11) is 0. The molecule has 0 amide bonds. The summed E-state index contributed by atoms with van der Waals surface area (Å²) in [6, 6.07) is 7.28. The minimum Gasteiger partial charge on any atom is -0.342 e. The SMILES string of the molecule is CC(C)c1nc2ccc(CC3CCCN3)cc2[nH]1. The van der Waals surface area contributed by atoms with Crippen LogP contribution in [0, 0.1) is 0 Å². The number of nitrogens with zero attached hydrogens (tertiary/aromatic N) is 1. The predicted octanol–water partition coefficient (Wildman–Crippen LogP) is 2.98. The van der Waals surface area contributed by atoms with Crippen LogP contribution in [0.15, 0.2) is 18.2 Å². The van der Waals surface area contributed by atoms with E-state index in [4.69, 9.17) is 0 Å². The molecule has 3 heteroatoms. The average molecular weight is 243 g/mol. The molecular formula is C15H21N3. The van der Waals surface area contributed by atoms with Crippen LogP contribution in [-0.4, -0.2) is 22.6 Å². The largest absolute Gasteiger partial charge is 0.342 e. The van der Waals surface area contributed by atoms with E-state index in [2.05, 4.69) is 47.3 Å². The Hall–Kier alpha value is -1.35. The van der Waals surface area contributed by atoms with Gasteiger partial charge < -0.3 is 10.3 Å². The molecule has 1 atom stereocenters. The molecule has 0 aliphatic carbocycles. The number of nitrogens with one attached hydrogen (secondary N) is 2. The highest BCUT2D eigenvalue weighted by Gasteiger charge is 2.15. The lowest BCUT2D eigenvalue weighted by atomic mass is 10.0. The van der Waals surface area contributed by atoms with Gasteiger partial charge in [0.1, 0.15) is 5.82 Å². The van der Waals surface area contributed by atoms with Crippen LogP contribution < -0.4 is 5.32 Å². The van der Waals surface area contributed by atoms with Crippen LogP contribution >= 0.6 is 0 Å². The van der Waals surface area contributed by atoms with E-state index in [-0.39, 0.29) is 0 Å². The van der Waals surface area contributed by atoms with E-state index < -0.39 is 0 Å². The second-order valence-corrected chi connectivity index (χ2v) is 5.63. The van der Waals surface area contributed by atoms with Gasteiger partial charge in [0, 0.05) is 12.0 Å². The molecular weight excluding hydrogens is 222 g/mol. The Kier molecular flexibility index (Phi) is 3.08. The number of fused-ring (bicyclic) bond motifs is 1. The Morgan fingerprint density at radius 2 is 2.28 bits per heavy atom. The number of hydrogen-bond acceptors (Lipinski definition) is 2. The lowest BCUT2D eigenvalue weighted by Crippen LogP contribution is -2.23. The molecule has 2 aromatic rings. The monoisotopic (exact) mass is 243 g/mol. The summed E-state index contributed by atoms with van der Waals surface area (Å²) in [5, 5.41) is 3.55. The van der Waals surface area contributed by atoms with Gasteiger partial charge in [0.15, 0.2) is 0 Å². The molecule has 1 aromatic carbocycles. The van der Waals surface area contributed by atoms with E-state index in [0.29, 0.717) is 12.0 Å². The maximum absolute atomic E-state index is 4.61. The van der Waals surface area contributed by atoms with Crippen LogP contribution in [0.1, 0.15) is 44.0 Å². The Balaban J connectivity index is 1.85. The van der Waals surface area contributed by atoms with Gasteiger partial charge in [-0.25, -0.2) is 4.98 Å². The zero-order valence-corrected chi connectivity index (χ0v) is 11.2. The maximum Gasteiger partial charge on any atom is 0.109 e. The summed E-state index contributed by atoms with van der Waals surface area (Å²) in [5.41, 5.74) is 3.66. The number of aromatic nitrogens is 2. The number of H-pyrrole nitrogens is 1. The van der Waals surface area contributed by atoms with Gasteiger partial charge in [-0.1, -0.05) is 19.9 Å². The van der Waals surface area contributed by atoms with E-state index in [1.165, 1.54) is 30.5 Å². The topological polar surface area (TPSA) is 40.7 Å². The van der Waals surface area contributed by atoms with Crippen LogP contribution in [-0.2, 0) is 6.42 Å². The third kappa shape index (κ3) is 2.27. The summed E-state index contributed by atoms with van der Waals surface area (Å²) < 4.78 is 0. The Morgan fingerprint density at radius 1 is 1.39 bits per heavy atom. The number of benzene rings is 1. The van der Waals surface area contributed by atoms with Gasteiger partial charge in [0.2, 0.25) is 0 Å². The highest BCUT2D eigenvalue weighted by Crippen LogP contribution is 2.20. The van der Waals surface area contributed by atoms with E-state index in [1.807, 2.05) is 0 Å². The zero-order valence-electron chi connectivity index (χ0n) is 11.2. The third-order valence-electron chi connectivity index (χ3n) is 3.76. The summed E-state index contributed by atoms with van der Waals surface area (Å²) in [5.74, 6) is 1.54. The summed E-state index contributed by atoms with van der Waals surface area (Å²) >= 11 is 0. The maximum atomic E-state index is 4.61. The molecule has 2 N–H and O–H groups in total. The highest BCUT2D eigenvalue weighted by atomic mass is 14.9. The Bertz CT molecular complexity index is 536. The van der Waals surface area contributed by atoms with Crippen molar-refractivity contribution in [2.75, 3.05) is 6.54 Å². The van der Waals surface area contributed by atoms with Crippen molar-refractivity contribution in [3.05, 3.63) is 29.6 Å². The normalized spacial score (nSPS) is 20.1. The molecule has 0 spiro atoms. The van der Waals surface area contributed by atoms with Crippen molar-refractivity contribution in [1.82, 2.24) is 15.3 Å². The van der Waals surface area contributed by atoms with E-state index in [1.54, 1.807) is 0 Å². The fraction of sp³-hybridized carbons (Fsp3) is 0.533. The quantitative estimate of drug-likeness (QED) is 0.870. The van der Waals surface area contributed by atoms with E-state index >= 15 is 0 Å². The second kappa shape index (κ2) is 4.73. The number of hydrogen-bond donors (Lipinski definition) is 2. The average Bonchev–Trinajstić information content (AvgIpc) is 2.96. The van der Waals surface area contributed by atoms with Crippen molar-refractivity contribution in [2.45, 2.75) is 45.1 Å². The Morgan fingerprint density at radius 3 is 3.00 bits per heavy atom. The second-order valence-electron chi connectivity index (χ2n) is 5.63. The Labute approximate surface area is 108 Å². The molecule has 3 rings (SSSR count). The van der Waals surface area contributed by atoms with Crippen molar-refractivity contribution in [3.8, 4) is 0 Å². The van der Waals surface area contributed by atoms with E-state index in [0.717, 1.165) is 17.8 Å². The van der Waals surface area contributed by atoms with Gasteiger partial charge in [-0.2, -0.15) is 0 Å². The molecule has 0 radical (unpaired) electrons. The first-order chi connectivity index (χ1) is 8.72. The van der Waals surface area contributed by atoms with Gasteiger partial charge in [-0.05, 0) is 43.5 Å².